The van der Waals surface area contributed by atoms with Crippen LogP contribution in [0.25, 0.3) is 0 Å². The lowest BCUT2D eigenvalue weighted by molar-refractivity contribution is -0.123. The first kappa shape index (κ1) is 21.1. The highest BCUT2D eigenvalue weighted by molar-refractivity contribution is 6.22. The van der Waals surface area contributed by atoms with Crippen LogP contribution in [0.15, 0.2) is 39.6 Å². The van der Waals surface area contributed by atoms with E-state index >= 15 is 0 Å². The van der Waals surface area contributed by atoms with Gasteiger partial charge < -0.3 is 15.8 Å². The van der Waals surface area contributed by atoms with Gasteiger partial charge in [0.25, 0.3) is 5.91 Å². The highest BCUT2D eigenvalue weighted by Crippen LogP contribution is 2.23. The molecule has 0 bridgehead atoms. The molecule has 0 spiro atoms. The molecule has 1 unspecified atom stereocenters. The predicted molar refractivity (Wildman–Crippen MR) is 107 cm³/mol. The summed E-state index contributed by atoms with van der Waals surface area (Å²) in [6, 6.07) is -0.0519. The first-order valence-corrected chi connectivity index (χ1v) is 9.59. The number of nitrogens with one attached hydrogen (secondary N) is 1. The number of allylic oxidation sites excluding steroid dienone is 5. The standard InChI is InChI=1S/C21H31N3O3/c1-13-7-8-19(25)18(21(26)24-17-6-5-9-27-12-17)11-16(10-13)20(23-4)14(2)15(3)22/h10-11,13,17H,5-9,12,22H2,1-4H3,(H,24,26)/b15-14+,16-10?,18-11?,23-20?/t13?,17-/m1/s1. The number of amides is 1. The van der Waals surface area contributed by atoms with Gasteiger partial charge in [-0.15, -0.1) is 0 Å². The van der Waals surface area contributed by atoms with Crippen LogP contribution in [0.1, 0.15) is 46.5 Å². The molecular formula is C21H31N3O3. The molecule has 1 aliphatic heterocycles. The Morgan fingerprint density at radius 2 is 2.07 bits per heavy atom. The van der Waals surface area contributed by atoms with Crippen molar-refractivity contribution in [3.05, 3.63) is 34.6 Å². The maximum atomic E-state index is 12.8. The maximum absolute atomic E-state index is 12.8. The molecule has 0 aromatic heterocycles. The van der Waals surface area contributed by atoms with Gasteiger partial charge in [-0.3, -0.25) is 14.6 Å². The molecule has 1 heterocycles. The van der Waals surface area contributed by atoms with Crippen molar-refractivity contribution < 1.29 is 14.3 Å². The lowest BCUT2D eigenvalue weighted by atomic mass is 9.89. The highest BCUT2D eigenvalue weighted by atomic mass is 16.5. The molecule has 27 heavy (non-hydrogen) atoms. The quantitative estimate of drug-likeness (QED) is 0.585. The first-order chi connectivity index (χ1) is 12.8. The average Bonchev–Trinajstić information content (AvgIpc) is 2.63. The Hall–Kier alpha value is -2.21. The molecule has 6 heteroatoms. The number of nitrogens with zero attached hydrogens (tertiary/aromatic N) is 1. The van der Waals surface area contributed by atoms with Crippen LogP contribution in [0.5, 0.6) is 0 Å². The number of hydrogen-bond donors (Lipinski definition) is 2. The molecule has 1 fully saturated rings. The van der Waals surface area contributed by atoms with Crippen LogP contribution in [-0.2, 0) is 14.3 Å². The lowest BCUT2D eigenvalue weighted by Gasteiger charge is -2.24. The molecule has 148 valence electrons. The largest absolute Gasteiger partial charge is 0.402 e. The number of rotatable bonds is 4. The second kappa shape index (κ2) is 9.65. The van der Waals surface area contributed by atoms with E-state index < -0.39 is 0 Å². The average molecular weight is 373 g/mol. The van der Waals surface area contributed by atoms with E-state index in [0.29, 0.717) is 30.9 Å². The van der Waals surface area contributed by atoms with E-state index in [1.54, 1.807) is 13.1 Å². The number of ketones is 1. The zero-order valence-electron chi connectivity index (χ0n) is 16.8. The Balaban J connectivity index is 2.38. The SMILES string of the molecule is CN=C(C1=CC(C)CCC(=O)C(C(=O)N[C@@H]2CCCOC2)=C1)/C(C)=C(\C)N. The summed E-state index contributed by atoms with van der Waals surface area (Å²) in [5.74, 6) is -0.264. The molecule has 0 saturated carbocycles. The molecule has 3 N–H and O–H groups in total. The lowest BCUT2D eigenvalue weighted by Crippen LogP contribution is -2.42. The first-order valence-electron chi connectivity index (χ1n) is 9.59. The Morgan fingerprint density at radius 3 is 2.67 bits per heavy atom. The van der Waals surface area contributed by atoms with Crippen molar-refractivity contribution >= 4 is 17.4 Å². The van der Waals surface area contributed by atoms with Gasteiger partial charge in [0, 0.05) is 25.8 Å². The topological polar surface area (TPSA) is 93.8 Å². The summed E-state index contributed by atoms with van der Waals surface area (Å²) in [6.45, 7) is 6.99. The number of nitrogens with two attached hydrogens (primary N) is 1. The third-order valence-electron chi connectivity index (χ3n) is 5.07. The minimum atomic E-state index is -0.336. The van der Waals surface area contributed by atoms with Crippen molar-refractivity contribution in [1.82, 2.24) is 5.32 Å². The van der Waals surface area contributed by atoms with Crippen LogP contribution in [0.2, 0.25) is 0 Å². The van der Waals surface area contributed by atoms with Crippen LogP contribution in [0, 0.1) is 5.92 Å². The maximum Gasteiger partial charge on any atom is 0.255 e. The Kier molecular flexibility index (Phi) is 7.54. The van der Waals surface area contributed by atoms with Crippen molar-refractivity contribution in [2.75, 3.05) is 20.3 Å². The Morgan fingerprint density at radius 1 is 1.33 bits per heavy atom. The van der Waals surface area contributed by atoms with Gasteiger partial charge in [0.15, 0.2) is 5.78 Å². The molecule has 1 aliphatic carbocycles. The molecule has 0 aromatic rings. The van der Waals surface area contributed by atoms with E-state index in [2.05, 4.69) is 23.3 Å². The van der Waals surface area contributed by atoms with Crippen molar-refractivity contribution in [2.45, 2.75) is 52.5 Å². The molecule has 2 rings (SSSR count). The number of ether oxygens (including phenoxy) is 1. The van der Waals surface area contributed by atoms with Crippen molar-refractivity contribution in [1.29, 1.82) is 0 Å². The van der Waals surface area contributed by atoms with E-state index in [4.69, 9.17) is 10.5 Å². The summed E-state index contributed by atoms with van der Waals surface area (Å²) in [7, 11) is 1.70. The molecule has 6 nitrogen and oxygen atoms in total. The van der Waals surface area contributed by atoms with Crippen LogP contribution in [0.3, 0.4) is 0 Å². The fourth-order valence-corrected chi connectivity index (χ4v) is 3.32. The van der Waals surface area contributed by atoms with Gasteiger partial charge in [0.05, 0.1) is 23.9 Å². The van der Waals surface area contributed by atoms with Crippen LogP contribution in [-0.4, -0.2) is 43.7 Å². The van der Waals surface area contributed by atoms with E-state index in [9.17, 15) is 9.59 Å². The smallest absolute Gasteiger partial charge is 0.255 e. The highest BCUT2D eigenvalue weighted by Gasteiger charge is 2.25. The monoisotopic (exact) mass is 373 g/mol. The van der Waals surface area contributed by atoms with Crippen molar-refractivity contribution in [3.63, 3.8) is 0 Å². The molecule has 2 aliphatic rings. The van der Waals surface area contributed by atoms with Gasteiger partial charge in [0.1, 0.15) is 0 Å². The van der Waals surface area contributed by atoms with Crippen molar-refractivity contribution in [3.8, 4) is 0 Å². The number of Topliss-reactive ketones (excluding diaryl/α,β-unsaturated/α-hetero) is 1. The van der Waals surface area contributed by atoms with Gasteiger partial charge in [-0.1, -0.05) is 13.0 Å². The summed E-state index contributed by atoms with van der Waals surface area (Å²) >= 11 is 0. The molecule has 0 radical (unpaired) electrons. The van der Waals surface area contributed by atoms with Crippen LogP contribution < -0.4 is 11.1 Å². The molecule has 1 saturated heterocycles. The fourth-order valence-electron chi connectivity index (χ4n) is 3.32. The normalized spacial score (nSPS) is 25.6. The summed E-state index contributed by atoms with van der Waals surface area (Å²) < 4.78 is 5.42. The van der Waals surface area contributed by atoms with Crippen molar-refractivity contribution in [2.24, 2.45) is 16.6 Å². The van der Waals surface area contributed by atoms with Gasteiger partial charge in [0.2, 0.25) is 0 Å². The number of carbonyl (C=O) groups excluding carboxylic acids is 2. The second-order valence-corrected chi connectivity index (χ2v) is 7.39. The number of carbonyl (C=O) groups is 2. The van der Waals surface area contributed by atoms with E-state index in [-0.39, 0.29) is 29.2 Å². The number of hydrogen-bond acceptors (Lipinski definition) is 5. The Labute approximate surface area is 161 Å². The summed E-state index contributed by atoms with van der Waals surface area (Å²) in [4.78, 5) is 29.9. The zero-order chi connectivity index (χ0) is 20.0. The van der Waals surface area contributed by atoms with Gasteiger partial charge in [-0.2, -0.15) is 0 Å². The third-order valence-corrected chi connectivity index (χ3v) is 5.07. The van der Waals surface area contributed by atoms with Crippen LogP contribution >= 0.6 is 0 Å². The van der Waals surface area contributed by atoms with E-state index in [1.807, 2.05) is 13.8 Å². The molecule has 0 aromatic carbocycles. The minimum Gasteiger partial charge on any atom is -0.402 e. The zero-order valence-corrected chi connectivity index (χ0v) is 16.8. The second-order valence-electron chi connectivity index (χ2n) is 7.39. The summed E-state index contributed by atoms with van der Waals surface area (Å²) in [6.07, 6.45) is 6.56. The third kappa shape index (κ3) is 5.63. The molecule has 1 amide bonds. The molecule has 2 atom stereocenters. The fraction of sp³-hybridized carbons (Fsp3) is 0.571. The van der Waals surface area contributed by atoms with E-state index in [1.165, 1.54) is 0 Å². The minimum absolute atomic E-state index is 0.0519. The van der Waals surface area contributed by atoms with Crippen LogP contribution in [0.4, 0.5) is 0 Å². The van der Waals surface area contributed by atoms with Gasteiger partial charge in [-0.05, 0) is 56.3 Å². The van der Waals surface area contributed by atoms with E-state index in [0.717, 1.165) is 30.6 Å². The van der Waals surface area contributed by atoms with Gasteiger partial charge >= 0.3 is 0 Å². The summed E-state index contributed by atoms with van der Waals surface area (Å²) in [5.41, 5.74) is 9.13. The Bertz CT molecular complexity index is 706. The number of aliphatic imine (C=N–C) groups is 1. The predicted octanol–water partition coefficient (Wildman–Crippen LogP) is 2.46. The summed E-state index contributed by atoms with van der Waals surface area (Å²) in [5, 5.41) is 2.95. The molecular weight excluding hydrogens is 342 g/mol. The van der Waals surface area contributed by atoms with Gasteiger partial charge in [-0.25, -0.2) is 0 Å².